The summed E-state index contributed by atoms with van der Waals surface area (Å²) in [6.07, 6.45) is 5.24. The normalized spacial score (nSPS) is 14.9. The zero-order chi connectivity index (χ0) is 24.3. The van der Waals surface area contributed by atoms with E-state index in [0.29, 0.717) is 29.5 Å². The molecule has 1 aliphatic heterocycles. The first-order valence-corrected chi connectivity index (χ1v) is 11.2. The van der Waals surface area contributed by atoms with Crippen molar-refractivity contribution in [3.8, 4) is 5.75 Å². The lowest BCUT2D eigenvalue weighted by Gasteiger charge is -2.25. The molecule has 0 bridgehead atoms. The number of carbonyl (C=O) groups is 2. The van der Waals surface area contributed by atoms with E-state index in [1.807, 2.05) is 30.3 Å². The number of nitrogens with two attached hydrogens (primary N) is 1. The Hall–Kier alpha value is -3.62. The van der Waals surface area contributed by atoms with Crippen molar-refractivity contribution in [3.05, 3.63) is 89.3 Å². The van der Waals surface area contributed by atoms with Gasteiger partial charge in [0.15, 0.2) is 0 Å². The third-order valence-electron chi connectivity index (χ3n) is 5.00. The van der Waals surface area contributed by atoms with Gasteiger partial charge in [0.25, 0.3) is 11.8 Å². The van der Waals surface area contributed by atoms with Crippen LogP contribution >= 0.6 is 11.6 Å². The molecule has 2 aromatic carbocycles. The summed E-state index contributed by atoms with van der Waals surface area (Å²) < 4.78 is 5.81. The molecule has 34 heavy (non-hydrogen) atoms. The van der Waals surface area contributed by atoms with Gasteiger partial charge in [-0.25, -0.2) is 0 Å². The number of amidine groups is 1. The number of ether oxygens (including phenoxy) is 1. The zero-order valence-corrected chi connectivity index (χ0v) is 19.3. The maximum Gasteiger partial charge on any atom is 0.270 e. The second-order valence-corrected chi connectivity index (χ2v) is 7.96. The summed E-state index contributed by atoms with van der Waals surface area (Å²) in [5.41, 5.74) is 6.78. The van der Waals surface area contributed by atoms with Crippen molar-refractivity contribution in [2.45, 2.75) is 18.9 Å². The molecule has 9 heteroatoms. The van der Waals surface area contributed by atoms with Gasteiger partial charge >= 0.3 is 0 Å². The third kappa shape index (κ3) is 7.19. The molecule has 1 atom stereocenters. The SMILES string of the molecule is NC(/C=C\NCCCO)=NC(=O)C(Cc1ccccc1)N1CC(Oc2ccccc2Cl)=CC1=O. The van der Waals surface area contributed by atoms with Crippen LogP contribution in [0.25, 0.3) is 0 Å². The number of nitrogens with one attached hydrogen (secondary N) is 1. The van der Waals surface area contributed by atoms with Gasteiger partial charge in [-0.15, -0.1) is 0 Å². The quantitative estimate of drug-likeness (QED) is 0.257. The summed E-state index contributed by atoms with van der Waals surface area (Å²) >= 11 is 6.16. The molecule has 3 rings (SSSR count). The van der Waals surface area contributed by atoms with Crippen molar-refractivity contribution in [1.29, 1.82) is 0 Å². The molecular formula is C25H27ClN4O4. The van der Waals surface area contributed by atoms with Gasteiger partial charge in [-0.05, 0) is 30.2 Å². The lowest BCUT2D eigenvalue weighted by Crippen LogP contribution is -2.44. The van der Waals surface area contributed by atoms with E-state index >= 15 is 0 Å². The van der Waals surface area contributed by atoms with Crippen molar-refractivity contribution < 1.29 is 19.4 Å². The Balaban J connectivity index is 1.75. The molecule has 2 amide bonds. The molecular weight excluding hydrogens is 456 g/mol. The first kappa shape index (κ1) is 25.0. The van der Waals surface area contributed by atoms with Crippen LogP contribution in [0.2, 0.25) is 5.02 Å². The molecule has 1 aliphatic rings. The number of hydrogen-bond donors (Lipinski definition) is 3. The minimum absolute atomic E-state index is 0.00621. The van der Waals surface area contributed by atoms with E-state index in [2.05, 4.69) is 10.3 Å². The van der Waals surface area contributed by atoms with Crippen molar-refractivity contribution in [3.63, 3.8) is 0 Å². The number of halogens is 1. The number of benzene rings is 2. The summed E-state index contributed by atoms with van der Waals surface area (Å²) in [6, 6.07) is 15.5. The summed E-state index contributed by atoms with van der Waals surface area (Å²) in [7, 11) is 0. The predicted octanol–water partition coefficient (Wildman–Crippen LogP) is 2.43. The maximum absolute atomic E-state index is 13.1. The minimum atomic E-state index is -0.868. The smallest absolute Gasteiger partial charge is 0.270 e. The van der Waals surface area contributed by atoms with Gasteiger partial charge in [0, 0.05) is 31.8 Å². The Labute approximate surface area is 203 Å². The molecule has 1 unspecified atom stereocenters. The van der Waals surface area contributed by atoms with Crippen molar-refractivity contribution in [2.75, 3.05) is 19.7 Å². The second kappa shape index (κ2) is 12.6. The summed E-state index contributed by atoms with van der Waals surface area (Å²) in [6.45, 7) is 0.735. The van der Waals surface area contributed by atoms with Crippen molar-refractivity contribution in [1.82, 2.24) is 10.2 Å². The number of carbonyl (C=O) groups excluding carboxylic acids is 2. The molecule has 0 spiro atoms. The van der Waals surface area contributed by atoms with Gasteiger partial charge in [-0.1, -0.05) is 54.1 Å². The van der Waals surface area contributed by atoms with Crippen LogP contribution < -0.4 is 15.8 Å². The van der Waals surface area contributed by atoms with Crippen LogP contribution in [0.5, 0.6) is 5.75 Å². The molecule has 4 N–H and O–H groups in total. The molecule has 0 saturated carbocycles. The average molecular weight is 483 g/mol. The topological polar surface area (TPSA) is 117 Å². The molecule has 0 fully saturated rings. The summed E-state index contributed by atoms with van der Waals surface area (Å²) in [4.78, 5) is 31.3. The second-order valence-electron chi connectivity index (χ2n) is 7.55. The van der Waals surface area contributed by atoms with Crippen LogP contribution in [0, 0.1) is 0 Å². The van der Waals surface area contributed by atoms with E-state index in [1.54, 1.807) is 30.5 Å². The van der Waals surface area contributed by atoms with Crippen LogP contribution in [0.1, 0.15) is 12.0 Å². The fraction of sp³-hybridized carbons (Fsp3) is 0.240. The highest BCUT2D eigenvalue weighted by molar-refractivity contribution is 6.32. The van der Waals surface area contributed by atoms with Gasteiger partial charge in [-0.2, -0.15) is 4.99 Å². The molecule has 0 aliphatic carbocycles. The van der Waals surface area contributed by atoms with Gasteiger partial charge in [0.1, 0.15) is 23.4 Å². The standard InChI is InChI=1S/C25H27ClN4O4/c26-20-9-4-5-10-22(20)34-19-16-24(32)30(17-19)21(15-18-7-2-1-3-8-18)25(33)29-23(27)11-13-28-12-6-14-31/h1-5,7-11,13,16,21,28,31H,6,12,14-15,17H2,(H2,27,29,33)/b13-11-. The van der Waals surface area contributed by atoms with E-state index in [0.717, 1.165) is 5.56 Å². The van der Waals surface area contributed by atoms with E-state index in [9.17, 15) is 9.59 Å². The van der Waals surface area contributed by atoms with Crippen LogP contribution in [-0.2, 0) is 16.0 Å². The Morgan fingerprint density at radius 1 is 1.24 bits per heavy atom. The number of rotatable bonds is 11. The number of para-hydroxylation sites is 1. The third-order valence-corrected chi connectivity index (χ3v) is 5.31. The number of aliphatic hydroxyl groups excluding tert-OH is 1. The minimum Gasteiger partial charge on any atom is -0.458 e. The molecule has 0 radical (unpaired) electrons. The predicted molar refractivity (Wildman–Crippen MR) is 131 cm³/mol. The molecule has 0 aromatic heterocycles. The van der Waals surface area contributed by atoms with Gasteiger partial charge < -0.3 is 25.8 Å². The summed E-state index contributed by atoms with van der Waals surface area (Å²) in [5, 5.41) is 12.2. The number of aliphatic hydroxyl groups is 1. The van der Waals surface area contributed by atoms with Crippen molar-refractivity contribution >= 4 is 29.3 Å². The van der Waals surface area contributed by atoms with Gasteiger partial charge in [0.2, 0.25) is 0 Å². The molecule has 8 nitrogen and oxygen atoms in total. The lowest BCUT2D eigenvalue weighted by molar-refractivity contribution is -0.134. The monoisotopic (exact) mass is 482 g/mol. The van der Waals surface area contributed by atoms with Gasteiger partial charge in [-0.3, -0.25) is 9.59 Å². The molecule has 178 valence electrons. The maximum atomic E-state index is 13.1. The first-order valence-electron chi connectivity index (χ1n) is 10.8. The zero-order valence-electron chi connectivity index (χ0n) is 18.6. The lowest BCUT2D eigenvalue weighted by atomic mass is 10.0. The highest BCUT2D eigenvalue weighted by Gasteiger charge is 2.34. The van der Waals surface area contributed by atoms with E-state index < -0.39 is 11.9 Å². The van der Waals surface area contributed by atoms with Gasteiger partial charge in [0.05, 0.1) is 11.6 Å². The van der Waals surface area contributed by atoms with Crippen LogP contribution in [-0.4, -0.2) is 53.4 Å². The fourth-order valence-corrected chi connectivity index (χ4v) is 3.50. The highest BCUT2D eigenvalue weighted by atomic mass is 35.5. The van der Waals surface area contributed by atoms with E-state index in [4.69, 9.17) is 27.2 Å². The first-order chi connectivity index (χ1) is 16.5. The van der Waals surface area contributed by atoms with E-state index in [-0.39, 0.29) is 31.3 Å². The Morgan fingerprint density at radius 3 is 2.71 bits per heavy atom. The number of amides is 2. The number of nitrogens with zero attached hydrogens (tertiary/aromatic N) is 2. The number of hydrogen-bond acceptors (Lipinski definition) is 5. The number of aliphatic imine (C=N–C) groups is 1. The van der Waals surface area contributed by atoms with Crippen molar-refractivity contribution in [2.24, 2.45) is 10.7 Å². The Bertz CT molecular complexity index is 1090. The van der Waals surface area contributed by atoms with Crippen LogP contribution in [0.4, 0.5) is 0 Å². The van der Waals surface area contributed by atoms with E-state index in [1.165, 1.54) is 17.1 Å². The van der Waals surface area contributed by atoms with Crippen LogP contribution in [0.3, 0.4) is 0 Å². The van der Waals surface area contributed by atoms with Crippen LogP contribution in [0.15, 0.2) is 83.7 Å². The Morgan fingerprint density at radius 2 is 1.97 bits per heavy atom. The molecule has 1 heterocycles. The Kier molecular flexibility index (Phi) is 9.25. The summed E-state index contributed by atoms with van der Waals surface area (Å²) in [5.74, 6) is -0.0777. The average Bonchev–Trinajstić information content (AvgIpc) is 3.19. The largest absolute Gasteiger partial charge is 0.458 e. The molecule has 2 aromatic rings. The molecule has 0 saturated heterocycles. The fourth-order valence-electron chi connectivity index (χ4n) is 3.32. The highest BCUT2D eigenvalue weighted by Crippen LogP contribution is 2.27.